The summed E-state index contributed by atoms with van der Waals surface area (Å²) in [5.74, 6) is 1.51. The fraction of sp³-hybridized carbons (Fsp3) is 0. The highest BCUT2D eigenvalue weighted by Crippen LogP contribution is 2.26. The number of nitrogens with one attached hydrogen (secondary N) is 1. The van der Waals surface area contributed by atoms with Crippen LogP contribution in [0.5, 0.6) is 11.5 Å². The fourth-order valence-electron chi connectivity index (χ4n) is 1.78. The molecule has 1 aromatic carbocycles. The Morgan fingerprint density at radius 1 is 1.16 bits per heavy atom. The monoisotopic (exact) mass is 252 g/mol. The predicted molar refractivity (Wildman–Crippen MR) is 74.1 cm³/mol. The molecule has 3 rings (SSSR count). The summed E-state index contributed by atoms with van der Waals surface area (Å²) in [5, 5.41) is 9.28. The first-order chi connectivity index (χ1) is 9.33. The van der Waals surface area contributed by atoms with Crippen molar-refractivity contribution in [3.05, 3.63) is 66.1 Å². The average molecular weight is 252 g/mol. The van der Waals surface area contributed by atoms with Crippen molar-refractivity contribution in [3.8, 4) is 11.5 Å². The topological polar surface area (TPSA) is 57.6 Å². The number of aromatic amines is 1. The van der Waals surface area contributed by atoms with Crippen LogP contribution < -0.4 is 4.74 Å². The Balaban J connectivity index is 1.97. The maximum Gasteiger partial charge on any atom is 0.176 e. The quantitative estimate of drug-likeness (QED) is 0.824. The molecule has 0 spiro atoms. The number of hydrogen-bond acceptors (Lipinski definition) is 3. The molecular formula is C15H12N2O2. The smallest absolute Gasteiger partial charge is 0.176 e. The number of allylic oxidation sites excluding steroid dienone is 2. The zero-order valence-corrected chi connectivity index (χ0v) is 10.1. The standard InChI is InChI=1S/C15H12N2O2/c18-11-5-7-12(8-6-11)19-15(13-3-1-9-16-13)14-4-2-10-17-14/h1-10,16,18H/b15-14-. The number of phenols is 1. The van der Waals surface area contributed by atoms with Crippen molar-refractivity contribution >= 4 is 12.0 Å². The number of rotatable bonds is 3. The number of aromatic hydroxyl groups is 1. The SMILES string of the molecule is Oc1ccc(O/C(=C2/C=CC=N2)c2ccc[nH]2)cc1. The van der Waals surface area contributed by atoms with Gasteiger partial charge in [0, 0.05) is 12.4 Å². The number of aliphatic imine (C=N–C) groups is 1. The van der Waals surface area contributed by atoms with Crippen LogP contribution >= 0.6 is 0 Å². The molecule has 2 heterocycles. The molecule has 0 atom stereocenters. The second-order valence-corrected chi connectivity index (χ2v) is 4.03. The zero-order valence-electron chi connectivity index (χ0n) is 10.1. The zero-order chi connectivity index (χ0) is 13.1. The Morgan fingerprint density at radius 2 is 2.00 bits per heavy atom. The van der Waals surface area contributed by atoms with E-state index in [9.17, 15) is 5.11 Å². The van der Waals surface area contributed by atoms with Gasteiger partial charge in [-0.25, -0.2) is 0 Å². The van der Waals surface area contributed by atoms with Crippen LogP contribution in [-0.2, 0) is 0 Å². The van der Waals surface area contributed by atoms with Gasteiger partial charge in [-0.1, -0.05) is 0 Å². The molecule has 1 aliphatic rings. The summed E-state index contributed by atoms with van der Waals surface area (Å²) in [6.45, 7) is 0. The highest BCUT2D eigenvalue weighted by atomic mass is 16.5. The van der Waals surface area contributed by atoms with E-state index in [4.69, 9.17) is 4.74 Å². The van der Waals surface area contributed by atoms with Gasteiger partial charge in [-0.3, -0.25) is 4.99 Å². The van der Waals surface area contributed by atoms with Gasteiger partial charge >= 0.3 is 0 Å². The van der Waals surface area contributed by atoms with Crippen molar-refractivity contribution in [2.75, 3.05) is 0 Å². The summed E-state index contributed by atoms with van der Waals surface area (Å²) in [5.41, 5.74) is 1.61. The fourth-order valence-corrected chi connectivity index (χ4v) is 1.78. The Morgan fingerprint density at radius 3 is 2.63 bits per heavy atom. The molecular weight excluding hydrogens is 240 g/mol. The van der Waals surface area contributed by atoms with Crippen molar-refractivity contribution in [3.63, 3.8) is 0 Å². The molecule has 0 bridgehead atoms. The minimum atomic E-state index is 0.209. The minimum Gasteiger partial charge on any atom is -0.508 e. The second-order valence-electron chi connectivity index (χ2n) is 4.03. The molecule has 4 nitrogen and oxygen atoms in total. The first kappa shape index (κ1) is 11.3. The molecule has 94 valence electrons. The van der Waals surface area contributed by atoms with Crippen LogP contribution in [-0.4, -0.2) is 16.3 Å². The summed E-state index contributed by atoms with van der Waals surface area (Å²) in [4.78, 5) is 7.36. The Bertz CT molecular complexity index is 636. The molecule has 0 radical (unpaired) electrons. The summed E-state index contributed by atoms with van der Waals surface area (Å²) in [6.07, 6.45) is 7.30. The summed E-state index contributed by atoms with van der Waals surface area (Å²) in [6, 6.07) is 10.4. The minimum absolute atomic E-state index is 0.209. The van der Waals surface area contributed by atoms with E-state index in [1.165, 1.54) is 0 Å². The number of phenolic OH excluding ortho intramolecular Hbond substituents is 1. The maximum atomic E-state index is 9.28. The average Bonchev–Trinajstić information content (AvgIpc) is 3.11. The normalized spacial score (nSPS) is 15.8. The molecule has 0 saturated carbocycles. The molecule has 4 heteroatoms. The van der Waals surface area contributed by atoms with Gasteiger partial charge in [0.1, 0.15) is 17.2 Å². The second kappa shape index (κ2) is 4.86. The highest BCUT2D eigenvalue weighted by molar-refractivity contribution is 5.81. The maximum absolute atomic E-state index is 9.28. The van der Waals surface area contributed by atoms with Crippen LogP contribution in [0.4, 0.5) is 0 Å². The molecule has 2 N–H and O–H groups in total. The molecule has 2 aromatic rings. The molecule has 19 heavy (non-hydrogen) atoms. The highest BCUT2D eigenvalue weighted by Gasteiger charge is 2.12. The molecule has 0 aliphatic carbocycles. The first-order valence-electron chi connectivity index (χ1n) is 5.88. The van der Waals surface area contributed by atoms with Gasteiger partial charge in [0.15, 0.2) is 5.76 Å². The van der Waals surface area contributed by atoms with Crippen LogP contribution in [0.3, 0.4) is 0 Å². The van der Waals surface area contributed by atoms with Crippen molar-refractivity contribution in [1.29, 1.82) is 0 Å². The summed E-state index contributed by atoms with van der Waals surface area (Å²) < 4.78 is 5.87. The molecule has 0 unspecified atom stereocenters. The van der Waals surface area contributed by atoms with E-state index >= 15 is 0 Å². The van der Waals surface area contributed by atoms with E-state index in [0.717, 1.165) is 11.4 Å². The molecule has 0 amide bonds. The number of nitrogens with zero attached hydrogens (tertiary/aromatic N) is 1. The van der Waals surface area contributed by atoms with Gasteiger partial charge in [0.25, 0.3) is 0 Å². The molecule has 1 aromatic heterocycles. The van der Waals surface area contributed by atoms with Gasteiger partial charge in [-0.2, -0.15) is 0 Å². The van der Waals surface area contributed by atoms with E-state index in [1.807, 2.05) is 30.5 Å². The molecule has 1 aliphatic heterocycles. The van der Waals surface area contributed by atoms with Crippen LogP contribution in [0.1, 0.15) is 5.69 Å². The van der Waals surface area contributed by atoms with Gasteiger partial charge in [-0.15, -0.1) is 0 Å². The number of benzene rings is 1. The number of hydrogen-bond donors (Lipinski definition) is 2. The Labute approximate surface area is 110 Å². The van der Waals surface area contributed by atoms with Crippen LogP contribution in [0.25, 0.3) is 5.76 Å². The van der Waals surface area contributed by atoms with Crippen molar-refractivity contribution in [1.82, 2.24) is 4.98 Å². The largest absolute Gasteiger partial charge is 0.508 e. The van der Waals surface area contributed by atoms with Crippen LogP contribution in [0, 0.1) is 0 Å². The van der Waals surface area contributed by atoms with Gasteiger partial charge < -0.3 is 14.8 Å². The lowest BCUT2D eigenvalue weighted by Crippen LogP contribution is -1.98. The number of ether oxygens (including phenoxy) is 1. The lowest BCUT2D eigenvalue weighted by atomic mass is 10.2. The van der Waals surface area contributed by atoms with Crippen LogP contribution in [0.15, 0.2) is 65.4 Å². The lowest BCUT2D eigenvalue weighted by molar-refractivity contribution is 0.470. The van der Waals surface area contributed by atoms with Gasteiger partial charge in [-0.05, 0) is 48.6 Å². The predicted octanol–water partition coefficient (Wildman–Crippen LogP) is 3.11. The third-order valence-corrected chi connectivity index (χ3v) is 2.69. The van der Waals surface area contributed by atoms with E-state index in [0.29, 0.717) is 11.5 Å². The lowest BCUT2D eigenvalue weighted by Gasteiger charge is -2.10. The molecule has 0 saturated heterocycles. The summed E-state index contributed by atoms with van der Waals surface area (Å²) in [7, 11) is 0. The van der Waals surface area contributed by atoms with E-state index < -0.39 is 0 Å². The van der Waals surface area contributed by atoms with E-state index in [2.05, 4.69) is 9.98 Å². The van der Waals surface area contributed by atoms with Gasteiger partial charge in [0.2, 0.25) is 0 Å². The van der Waals surface area contributed by atoms with E-state index in [1.54, 1.807) is 30.5 Å². The van der Waals surface area contributed by atoms with Crippen molar-refractivity contribution in [2.24, 2.45) is 4.99 Å². The Hall–Kier alpha value is -2.75. The van der Waals surface area contributed by atoms with Gasteiger partial charge in [0.05, 0.1) is 5.69 Å². The first-order valence-corrected chi connectivity index (χ1v) is 5.88. The number of H-pyrrole nitrogens is 1. The third kappa shape index (κ3) is 2.42. The van der Waals surface area contributed by atoms with E-state index in [-0.39, 0.29) is 5.75 Å². The number of aromatic nitrogens is 1. The van der Waals surface area contributed by atoms with Crippen molar-refractivity contribution < 1.29 is 9.84 Å². The summed E-state index contributed by atoms with van der Waals surface area (Å²) >= 11 is 0. The molecule has 0 fully saturated rings. The van der Waals surface area contributed by atoms with Crippen LogP contribution in [0.2, 0.25) is 0 Å². The third-order valence-electron chi connectivity index (χ3n) is 2.69. The Kier molecular flexibility index (Phi) is 2.90. The van der Waals surface area contributed by atoms with Crippen molar-refractivity contribution in [2.45, 2.75) is 0 Å².